The van der Waals surface area contributed by atoms with E-state index in [9.17, 15) is 9.59 Å². The first-order valence-corrected chi connectivity index (χ1v) is 5.06. The number of rotatable bonds is 4. The van der Waals surface area contributed by atoms with Crippen molar-refractivity contribution in [3.05, 3.63) is 29.3 Å². The highest BCUT2D eigenvalue weighted by atomic mass is 16.2. The summed E-state index contributed by atoms with van der Waals surface area (Å²) in [5, 5.41) is 2.55. The van der Waals surface area contributed by atoms with Crippen LogP contribution in [0.25, 0.3) is 0 Å². The van der Waals surface area contributed by atoms with Crippen LogP contribution in [0.15, 0.2) is 18.2 Å². The average Bonchev–Trinajstić information content (AvgIpc) is 2.28. The van der Waals surface area contributed by atoms with Crippen molar-refractivity contribution in [3.63, 3.8) is 0 Å². The maximum absolute atomic E-state index is 11.2. The Morgan fingerprint density at radius 2 is 2.19 bits per heavy atom. The predicted octanol–water partition coefficient (Wildman–Crippen LogP) is 0.990. The lowest BCUT2D eigenvalue weighted by Gasteiger charge is -2.20. The fourth-order valence-electron chi connectivity index (χ4n) is 1.50. The average molecular weight is 220 g/mol. The van der Waals surface area contributed by atoms with E-state index in [1.54, 1.807) is 19.0 Å². The molecule has 1 rings (SSSR count). The molecule has 0 fully saturated rings. The van der Waals surface area contributed by atoms with Gasteiger partial charge in [0.2, 0.25) is 5.91 Å². The summed E-state index contributed by atoms with van der Waals surface area (Å²) in [7, 11) is 3.37. The second kappa shape index (κ2) is 5.30. The predicted molar refractivity (Wildman–Crippen MR) is 63.9 cm³/mol. The third kappa shape index (κ3) is 2.82. The minimum Gasteiger partial charge on any atom is -0.365 e. The number of amides is 1. The summed E-state index contributed by atoms with van der Waals surface area (Å²) < 4.78 is 0. The van der Waals surface area contributed by atoms with Crippen molar-refractivity contribution in [1.82, 2.24) is 5.32 Å². The molecule has 1 aromatic rings. The standard InChI is InChI=1S/C12H16N2O2/c1-9-4-5-11(10(6-9)8-15)14(3)7-12(16)13-2/h4-6,8H,7H2,1-3H3,(H,13,16). The Balaban J connectivity index is 2.94. The Kier molecular flexibility index (Phi) is 4.05. The van der Waals surface area contributed by atoms with E-state index >= 15 is 0 Å². The lowest BCUT2D eigenvalue weighted by Crippen LogP contribution is -2.33. The molecular weight excluding hydrogens is 204 g/mol. The number of likely N-dealkylation sites (N-methyl/N-ethyl adjacent to an activating group) is 2. The molecule has 0 aromatic heterocycles. The Bertz CT molecular complexity index is 402. The van der Waals surface area contributed by atoms with Gasteiger partial charge in [-0.25, -0.2) is 0 Å². The van der Waals surface area contributed by atoms with Gasteiger partial charge >= 0.3 is 0 Å². The van der Waals surface area contributed by atoms with Gasteiger partial charge in [-0.05, 0) is 19.1 Å². The summed E-state index contributed by atoms with van der Waals surface area (Å²) in [4.78, 5) is 23.9. The smallest absolute Gasteiger partial charge is 0.239 e. The van der Waals surface area contributed by atoms with Crippen LogP contribution in [0.3, 0.4) is 0 Å². The number of benzene rings is 1. The number of aryl methyl sites for hydroxylation is 1. The molecule has 0 saturated heterocycles. The van der Waals surface area contributed by atoms with Crippen LogP contribution in [0.1, 0.15) is 15.9 Å². The highest BCUT2D eigenvalue weighted by Gasteiger charge is 2.09. The van der Waals surface area contributed by atoms with E-state index in [0.29, 0.717) is 5.56 Å². The summed E-state index contributed by atoms with van der Waals surface area (Å²) in [6.07, 6.45) is 0.808. The quantitative estimate of drug-likeness (QED) is 0.770. The number of carbonyl (C=O) groups is 2. The van der Waals surface area contributed by atoms with Crippen LogP contribution in [0.2, 0.25) is 0 Å². The van der Waals surface area contributed by atoms with E-state index in [0.717, 1.165) is 17.5 Å². The van der Waals surface area contributed by atoms with Crippen molar-refractivity contribution in [2.24, 2.45) is 0 Å². The van der Waals surface area contributed by atoms with Crippen LogP contribution in [-0.4, -0.2) is 32.8 Å². The highest BCUT2D eigenvalue weighted by molar-refractivity contribution is 5.87. The van der Waals surface area contributed by atoms with Gasteiger partial charge in [-0.2, -0.15) is 0 Å². The molecule has 0 atom stereocenters. The number of aldehydes is 1. The molecule has 86 valence electrons. The Labute approximate surface area is 95.3 Å². The SMILES string of the molecule is CNC(=O)CN(C)c1ccc(C)cc1C=O. The maximum atomic E-state index is 11.2. The number of hydrogen-bond acceptors (Lipinski definition) is 3. The van der Waals surface area contributed by atoms with Crippen LogP contribution in [-0.2, 0) is 4.79 Å². The molecule has 0 aliphatic rings. The van der Waals surface area contributed by atoms with Crippen LogP contribution < -0.4 is 10.2 Å². The summed E-state index contributed by atoms with van der Waals surface area (Å²) in [6, 6.07) is 5.58. The van der Waals surface area contributed by atoms with Crippen molar-refractivity contribution >= 4 is 17.9 Å². The molecule has 1 N–H and O–H groups in total. The minimum absolute atomic E-state index is 0.0834. The van der Waals surface area contributed by atoms with Crippen LogP contribution in [0.4, 0.5) is 5.69 Å². The van der Waals surface area contributed by atoms with Crippen LogP contribution in [0, 0.1) is 6.92 Å². The van der Waals surface area contributed by atoms with Crippen LogP contribution >= 0.6 is 0 Å². The molecule has 0 radical (unpaired) electrons. The number of nitrogens with one attached hydrogen (secondary N) is 1. The molecule has 1 amide bonds. The van der Waals surface area contributed by atoms with Crippen molar-refractivity contribution in [1.29, 1.82) is 0 Å². The molecular formula is C12H16N2O2. The van der Waals surface area contributed by atoms with Gasteiger partial charge in [0.05, 0.1) is 6.54 Å². The third-order valence-corrected chi connectivity index (χ3v) is 2.38. The van der Waals surface area contributed by atoms with E-state index in [4.69, 9.17) is 0 Å². The zero-order valence-electron chi connectivity index (χ0n) is 9.78. The van der Waals surface area contributed by atoms with Crippen molar-refractivity contribution < 1.29 is 9.59 Å². The third-order valence-electron chi connectivity index (χ3n) is 2.38. The summed E-state index contributed by atoms with van der Waals surface area (Å²) in [5.41, 5.74) is 2.40. The van der Waals surface area contributed by atoms with Gasteiger partial charge in [0.15, 0.2) is 6.29 Å². The van der Waals surface area contributed by atoms with Gasteiger partial charge in [-0.3, -0.25) is 9.59 Å². The minimum atomic E-state index is -0.0834. The second-order valence-electron chi connectivity index (χ2n) is 3.71. The van der Waals surface area contributed by atoms with Crippen LogP contribution in [0.5, 0.6) is 0 Å². The van der Waals surface area contributed by atoms with Crippen molar-refractivity contribution in [2.75, 3.05) is 25.5 Å². The zero-order valence-corrected chi connectivity index (χ0v) is 9.78. The molecule has 4 heteroatoms. The van der Waals surface area contributed by atoms with E-state index in [1.807, 2.05) is 25.1 Å². The van der Waals surface area contributed by atoms with Gasteiger partial charge in [-0.15, -0.1) is 0 Å². The van der Waals surface area contributed by atoms with E-state index in [-0.39, 0.29) is 12.5 Å². The largest absolute Gasteiger partial charge is 0.365 e. The number of anilines is 1. The topological polar surface area (TPSA) is 49.4 Å². The molecule has 4 nitrogen and oxygen atoms in total. The molecule has 0 spiro atoms. The summed E-state index contributed by atoms with van der Waals surface area (Å²) in [6.45, 7) is 2.16. The van der Waals surface area contributed by atoms with Gasteiger partial charge < -0.3 is 10.2 Å². The molecule has 0 saturated carbocycles. The fourth-order valence-corrected chi connectivity index (χ4v) is 1.50. The highest BCUT2D eigenvalue weighted by Crippen LogP contribution is 2.18. The fraction of sp³-hybridized carbons (Fsp3) is 0.333. The molecule has 0 aliphatic carbocycles. The molecule has 1 aromatic carbocycles. The van der Waals surface area contributed by atoms with Gasteiger partial charge in [0.1, 0.15) is 0 Å². The Morgan fingerprint density at radius 3 is 2.75 bits per heavy atom. The normalized spacial score (nSPS) is 9.69. The number of carbonyl (C=O) groups excluding carboxylic acids is 2. The Morgan fingerprint density at radius 1 is 1.50 bits per heavy atom. The number of hydrogen-bond donors (Lipinski definition) is 1. The van der Waals surface area contributed by atoms with E-state index < -0.39 is 0 Å². The summed E-state index contributed by atoms with van der Waals surface area (Å²) >= 11 is 0. The first-order chi connectivity index (χ1) is 7.58. The van der Waals surface area contributed by atoms with Gasteiger partial charge in [0.25, 0.3) is 0 Å². The number of nitrogens with zero attached hydrogens (tertiary/aromatic N) is 1. The molecule has 0 heterocycles. The van der Waals surface area contributed by atoms with Gasteiger partial charge in [-0.1, -0.05) is 11.6 Å². The lowest BCUT2D eigenvalue weighted by atomic mass is 10.1. The first-order valence-electron chi connectivity index (χ1n) is 5.06. The molecule has 0 unspecified atom stereocenters. The van der Waals surface area contributed by atoms with Crippen molar-refractivity contribution in [3.8, 4) is 0 Å². The van der Waals surface area contributed by atoms with E-state index in [2.05, 4.69) is 5.32 Å². The summed E-state index contributed by atoms with van der Waals surface area (Å²) in [5.74, 6) is -0.0834. The molecule has 0 aliphatic heterocycles. The lowest BCUT2D eigenvalue weighted by molar-refractivity contribution is -0.119. The zero-order chi connectivity index (χ0) is 12.1. The molecule has 16 heavy (non-hydrogen) atoms. The van der Waals surface area contributed by atoms with Crippen molar-refractivity contribution in [2.45, 2.75) is 6.92 Å². The maximum Gasteiger partial charge on any atom is 0.239 e. The molecule has 0 bridgehead atoms. The van der Waals surface area contributed by atoms with Gasteiger partial charge in [0, 0.05) is 25.3 Å². The first kappa shape index (κ1) is 12.2. The van der Waals surface area contributed by atoms with E-state index in [1.165, 1.54) is 0 Å². The second-order valence-corrected chi connectivity index (χ2v) is 3.71. The monoisotopic (exact) mass is 220 g/mol. The Hall–Kier alpha value is -1.84.